The number of fused-ring (bicyclic) bond motifs is 1. The number of rotatable bonds is 27. The first-order chi connectivity index (χ1) is 29.9. The van der Waals surface area contributed by atoms with Crippen molar-refractivity contribution in [2.75, 3.05) is 20.3 Å². The standard InChI is InChI=1S/C46H68FN7O9/c1-10-40(61-43(57)29(4)27-55)46(8)42-32(7)38(52-54(42)44(58)63-46)17-18-39(56)41(28(2)3)62-45(59)60-31(6)22-30(5)53(9)21-19-36(51-48)26-50-37(24-47)23-33-13-15-34(16-14-33)35-12-11-20-49-25-35/h11-16,20,25-32,37,39-42,45,48,50,56,59H,10,17-19,21-24H2,1-9H3/b36-26-,51-48?/t29-,30?,31?,32?,37?,39-,40+,41?,42-,45+,46-/m1/s1. The number of pyridine rings is 1. The van der Waals surface area contributed by atoms with Crippen LogP contribution in [-0.4, -0.2) is 124 Å². The molecule has 0 aliphatic carbocycles. The predicted molar refractivity (Wildman–Crippen MR) is 235 cm³/mol. The van der Waals surface area contributed by atoms with Crippen molar-refractivity contribution in [2.45, 2.75) is 149 Å². The van der Waals surface area contributed by atoms with Crippen LogP contribution in [0.4, 0.5) is 9.18 Å². The summed E-state index contributed by atoms with van der Waals surface area (Å²) < 4.78 is 37.1. The van der Waals surface area contributed by atoms with Gasteiger partial charge in [-0.15, -0.1) is 0 Å². The van der Waals surface area contributed by atoms with E-state index >= 15 is 0 Å². The van der Waals surface area contributed by atoms with Gasteiger partial charge in [-0.25, -0.2) is 14.7 Å². The van der Waals surface area contributed by atoms with Crippen molar-refractivity contribution in [1.82, 2.24) is 20.2 Å². The van der Waals surface area contributed by atoms with Gasteiger partial charge >= 0.3 is 12.1 Å². The maximum atomic E-state index is 14.0. The van der Waals surface area contributed by atoms with E-state index in [4.69, 9.17) is 24.5 Å². The Hall–Kier alpha value is -4.68. The van der Waals surface area contributed by atoms with Crippen LogP contribution in [0.1, 0.15) is 93.1 Å². The number of esters is 1. The van der Waals surface area contributed by atoms with Crippen molar-refractivity contribution >= 4 is 24.1 Å². The Kier molecular flexibility index (Phi) is 19.3. The van der Waals surface area contributed by atoms with Crippen LogP contribution in [-0.2, 0) is 35.0 Å². The normalized spacial score (nSPS) is 22.6. The van der Waals surface area contributed by atoms with E-state index in [0.29, 0.717) is 56.3 Å². The number of carbonyl (C=O) groups is 3. The number of aromatic nitrogens is 1. The zero-order valence-corrected chi connectivity index (χ0v) is 38.1. The van der Waals surface area contributed by atoms with Gasteiger partial charge < -0.3 is 44.2 Å². The summed E-state index contributed by atoms with van der Waals surface area (Å²) in [5.74, 6) is -2.15. The molecule has 0 bridgehead atoms. The van der Waals surface area contributed by atoms with Crippen molar-refractivity contribution < 1.29 is 47.9 Å². The van der Waals surface area contributed by atoms with Gasteiger partial charge in [0.1, 0.15) is 31.0 Å². The van der Waals surface area contributed by atoms with E-state index in [1.54, 1.807) is 32.4 Å². The van der Waals surface area contributed by atoms with Crippen molar-refractivity contribution in [1.29, 1.82) is 5.53 Å². The molecular formula is C46H68FN7O9. The Balaban J connectivity index is 1.22. The molecule has 1 amide bonds. The first-order valence-corrected chi connectivity index (χ1v) is 22.0. The molecule has 0 spiro atoms. The third-order valence-electron chi connectivity index (χ3n) is 12.2. The molecule has 3 heterocycles. The number of ether oxygens (including phenoxy) is 4. The van der Waals surface area contributed by atoms with Gasteiger partial charge in [-0.05, 0) is 95.5 Å². The fourth-order valence-corrected chi connectivity index (χ4v) is 8.25. The molecular weight excluding hydrogens is 814 g/mol. The third-order valence-corrected chi connectivity index (χ3v) is 12.2. The van der Waals surface area contributed by atoms with Crippen molar-refractivity contribution in [3.8, 4) is 11.1 Å². The number of nitrogens with one attached hydrogen (secondary N) is 2. The molecule has 1 aromatic heterocycles. The Bertz CT molecular complexity index is 1850. The number of amides is 1. The average Bonchev–Trinajstić information content (AvgIpc) is 3.75. The summed E-state index contributed by atoms with van der Waals surface area (Å²) in [7, 11) is 1.94. The highest BCUT2D eigenvalue weighted by atomic mass is 19.1. The number of nitrogens with zero attached hydrogens (tertiary/aromatic N) is 5. The zero-order valence-electron chi connectivity index (χ0n) is 38.1. The molecule has 4 N–H and O–H groups in total. The summed E-state index contributed by atoms with van der Waals surface area (Å²) in [4.78, 5) is 42.9. The number of hydrogen-bond donors (Lipinski definition) is 4. The molecule has 1 fully saturated rings. The lowest BCUT2D eigenvalue weighted by Gasteiger charge is -2.36. The fourth-order valence-electron chi connectivity index (χ4n) is 8.25. The van der Waals surface area contributed by atoms with Crippen LogP contribution in [0.5, 0.6) is 0 Å². The first kappa shape index (κ1) is 51.0. The van der Waals surface area contributed by atoms with Crippen molar-refractivity contribution in [2.24, 2.45) is 28.0 Å². The average molecular weight is 882 g/mol. The Morgan fingerprint density at radius 1 is 1.14 bits per heavy atom. The lowest BCUT2D eigenvalue weighted by molar-refractivity contribution is -0.312. The van der Waals surface area contributed by atoms with Crippen molar-refractivity contribution in [3.05, 3.63) is 66.3 Å². The smallest absolute Gasteiger partial charge is 0.431 e. The zero-order chi connectivity index (χ0) is 46.4. The van der Waals surface area contributed by atoms with Gasteiger partial charge in [0.2, 0.25) is 0 Å². The topological polar surface area (TPSA) is 209 Å². The van der Waals surface area contributed by atoms with Gasteiger partial charge in [0.25, 0.3) is 6.48 Å². The second-order valence-corrected chi connectivity index (χ2v) is 17.4. The van der Waals surface area contributed by atoms with Crippen molar-refractivity contribution in [3.63, 3.8) is 0 Å². The Morgan fingerprint density at radius 3 is 2.46 bits per heavy atom. The summed E-state index contributed by atoms with van der Waals surface area (Å²) in [5, 5.41) is 34.8. The lowest BCUT2D eigenvalue weighted by atomic mass is 9.79. The molecule has 2 aliphatic rings. The SMILES string of the molecule is CC[C@H](OC(=O)[C@H](C)C=O)[C@@]1(C)OC(=O)N2N=C(CC[C@@H](O)C(O[C@@H](O)OC(C)CC(C)N(C)CC/C(=C/NC(CF)Cc3ccc(-c4cccnc4)cc3)N=N)C(C)C)C(C)[C@@H]21. The van der Waals surface area contributed by atoms with Crippen LogP contribution >= 0.6 is 0 Å². The van der Waals surface area contributed by atoms with Gasteiger partial charge in [0.05, 0.1) is 30.1 Å². The number of alkyl halides is 1. The van der Waals surface area contributed by atoms with Gasteiger partial charge in [0, 0.05) is 49.2 Å². The Morgan fingerprint density at radius 2 is 1.86 bits per heavy atom. The van der Waals surface area contributed by atoms with E-state index in [1.165, 1.54) is 11.9 Å². The van der Waals surface area contributed by atoms with Crippen LogP contribution in [0, 0.1) is 23.3 Å². The molecule has 16 nitrogen and oxygen atoms in total. The third kappa shape index (κ3) is 13.7. The van der Waals surface area contributed by atoms with Crippen LogP contribution in [0.25, 0.3) is 11.1 Å². The first-order valence-electron chi connectivity index (χ1n) is 22.0. The number of aliphatic hydroxyl groups excluding tert-OH is 2. The molecule has 1 saturated heterocycles. The molecule has 4 rings (SSSR count). The molecule has 2 aromatic rings. The largest absolute Gasteiger partial charge is 0.458 e. The highest BCUT2D eigenvalue weighted by Crippen LogP contribution is 2.44. The molecule has 5 unspecified atom stereocenters. The van der Waals surface area contributed by atoms with Crippen LogP contribution in [0.3, 0.4) is 0 Å². The maximum Gasteiger partial charge on any atom is 0.431 e. The number of halogens is 1. The monoisotopic (exact) mass is 882 g/mol. The minimum Gasteiger partial charge on any atom is -0.458 e. The van der Waals surface area contributed by atoms with Gasteiger partial charge in [-0.2, -0.15) is 15.2 Å². The number of hydrogen-bond acceptors (Lipinski definition) is 15. The second kappa shape index (κ2) is 23.8. The molecule has 0 saturated carbocycles. The number of hydrazone groups is 1. The summed E-state index contributed by atoms with van der Waals surface area (Å²) in [5.41, 5.74) is 10.6. The van der Waals surface area contributed by atoms with Gasteiger partial charge in [-0.3, -0.25) is 9.78 Å². The maximum absolute atomic E-state index is 14.0. The van der Waals surface area contributed by atoms with E-state index in [1.807, 2.05) is 78.1 Å². The number of benzene rings is 1. The van der Waals surface area contributed by atoms with E-state index in [2.05, 4.69) is 25.4 Å². The number of carbonyl (C=O) groups excluding carboxylic acids is 3. The number of aliphatic hydroxyl groups is 2. The highest BCUT2D eigenvalue weighted by molar-refractivity contribution is 5.92. The lowest BCUT2D eigenvalue weighted by Crippen LogP contribution is -2.54. The highest BCUT2D eigenvalue weighted by Gasteiger charge is 2.61. The number of aldehydes is 1. The number of cyclic esters (lactones) is 1. The minimum atomic E-state index is -1.61. The predicted octanol–water partition coefficient (Wildman–Crippen LogP) is 6.80. The second-order valence-electron chi connectivity index (χ2n) is 17.4. The van der Waals surface area contributed by atoms with E-state index in [-0.39, 0.29) is 24.3 Å². The van der Waals surface area contributed by atoms with Crippen LogP contribution in [0.15, 0.2) is 70.9 Å². The fraction of sp³-hybridized carbons (Fsp3) is 0.630. The summed E-state index contributed by atoms with van der Waals surface area (Å²) in [6.07, 6.45) is 4.28. The molecule has 0 radical (unpaired) electrons. The summed E-state index contributed by atoms with van der Waals surface area (Å²) in [6, 6.07) is 10.8. The van der Waals surface area contributed by atoms with Gasteiger partial charge in [0.15, 0.2) is 5.60 Å². The summed E-state index contributed by atoms with van der Waals surface area (Å²) in [6.45, 7) is 12.8. The molecule has 348 valence electrons. The van der Waals surface area contributed by atoms with Crippen LogP contribution < -0.4 is 5.32 Å². The molecule has 1 aromatic carbocycles. The van der Waals surface area contributed by atoms with Crippen LogP contribution in [0.2, 0.25) is 0 Å². The summed E-state index contributed by atoms with van der Waals surface area (Å²) >= 11 is 0. The minimum absolute atomic E-state index is 0.00923. The van der Waals surface area contributed by atoms with E-state index < -0.39 is 73.2 Å². The van der Waals surface area contributed by atoms with E-state index in [9.17, 15) is 29.0 Å². The molecule has 63 heavy (non-hydrogen) atoms. The Labute approximate surface area is 371 Å². The quantitative estimate of drug-likeness (QED) is 0.0240. The molecule has 11 atom stereocenters. The molecule has 17 heteroatoms. The van der Waals surface area contributed by atoms with Gasteiger partial charge in [-0.1, -0.05) is 58.0 Å². The molecule has 2 aliphatic heterocycles. The van der Waals surface area contributed by atoms with E-state index in [0.717, 1.165) is 16.7 Å².